The number of hydrogen-bond acceptors (Lipinski definition) is 6. The van der Waals surface area contributed by atoms with E-state index in [2.05, 4.69) is 5.32 Å². The summed E-state index contributed by atoms with van der Waals surface area (Å²) in [6.45, 7) is 2.60. The Labute approximate surface area is 164 Å². The lowest BCUT2D eigenvalue weighted by Gasteiger charge is -2.21. The zero-order chi connectivity index (χ0) is 20.5. The maximum atomic E-state index is 12.7. The summed E-state index contributed by atoms with van der Waals surface area (Å²) in [4.78, 5) is 23.9. The molecular weight excluding hydrogens is 362 g/mol. The zero-order valence-electron chi connectivity index (χ0n) is 16.2. The van der Waals surface area contributed by atoms with E-state index < -0.39 is 17.9 Å². The van der Waals surface area contributed by atoms with E-state index in [4.69, 9.17) is 14.2 Å². The molecule has 0 unspecified atom stereocenters. The van der Waals surface area contributed by atoms with Crippen LogP contribution in [0, 0.1) is 0 Å². The van der Waals surface area contributed by atoms with Gasteiger partial charge in [0, 0.05) is 18.5 Å². The summed E-state index contributed by atoms with van der Waals surface area (Å²) in [5.74, 6) is -0.175. The Kier molecular flexibility index (Phi) is 7.68. The van der Waals surface area contributed by atoms with Crippen molar-refractivity contribution in [2.75, 3.05) is 20.8 Å². The van der Waals surface area contributed by atoms with E-state index in [1.54, 1.807) is 42.5 Å². The van der Waals surface area contributed by atoms with Crippen LogP contribution in [0.4, 0.5) is 0 Å². The highest BCUT2D eigenvalue weighted by molar-refractivity contribution is 5.97. The summed E-state index contributed by atoms with van der Waals surface area (Å²) < 4.78 is 15.9. The summed E-state index contributed by atoms with van der Waals surface area (Å²) >= 11 is 0. The zero-order valence-corrected chi connectivity index (χ0v) is 16.2. The van der Waals surface area contributed by atoms with Gasteiger partial charge in [-0.25, -0.2) is 0 Å². The molecule has 0 aliphatic carbocycles. The van der Waals surface area contributed by atoms with Crippen molar-refractivity contribution in [3.63, 3.8) is 0 Å². The van der Waals surface area contributed by atoms with Gasteiger partial charge < -0.3 is 29.4 Å². The van der Waals surface area contributed by atoms with Gasteiger partial charge in [-0.3, -0.25) is 4.79 Å². The van der Waals surface area contributed by atoms with Crippen LogP contribution in [0.25, 0.3) is 0 Å². The first-order valence-corrected chi connectivity index (χ1v) is 8.94. The van der Waals surface area contributed by atoms with Gasteiger partial charge in [-0.05, 0) is 36.2 Å². The van der Waals surface area contributed by atoms with Gasteiger partial charge >= 0.3 is 0 Å². The third-order valence-electron chi connectivity index (χ3n) is 4.08. The number of carbonyl (C=O) groups excluding carboxylic acids is 2. The molecule has 7 heteroatoms. The highest BCUT2D eigenvalue weighted by Crippen LogP contribution is 2.26. The van der Waals surface area contributed by atoms with Gasteiger partial charge in [0.15, 0.2) is 0 Å². The van der Waals surface area contributed by atoms with Crippen molar-refractivity contribution in [1.29, 1.82) is 0 Å². The summed E-state index contributed by atoms with van der Waals surface area (Å²) in [6, 6.07) is 11.0. The molecular formula is C21H24NO6-. The second-order valence-corrected chi connectivity index (χ2v) is 6.09. The van der Waals surface area contributed by atoms with Crippen molar-refractivity contribution in [3.8, 4) is 17.2 Å². The number of benzene rings is 2. The Bertz CT molecular complexity index is 803. The van der Waals surface area contributed by atoms with Crippen LogP contribution < -0.4 is 24.6 Å². The molecule has 1 N–H and O–H groups in total. The maximum absolute atomic E-state index is 12.7. The minimum absolute atomic E-state index is 0.273. The molecule has 28 heavy (non-hydrogen) atoms. The normalized spacial score (nSPS) is 11.4. The van der Waals surface area contributed by atoms with Gasteiger partial charge in [0.1, 0.15) is 17.2 Å². The van der Waals surface area contributed by atoms with Gasteiger partial charge in [-0.1, -0.05) is 19.1 Å². The number of nitrogens with one attached hydrogen (secondary N) is 1. The Morgan fingerprint density at radius 1 is 1.04 bits per heavy atom. The molecule has 0 fully saturated rings. The highest BCUT2D eigenvalue weighted by Gasteiger charge is 2.19. The lowest BCUT2D eigenvalue weighted by molar-refractivity contribution is -0.306. The van der Waals surface area contributed by atoms with Crippen molar-refractivity contribution >= 4 is 11.9 Å². The number of hydrogen-bond donors (Lipinski definition) is 1. The lowest BCUT2D eigenvalue weighted by atomic mass is 10.0. The first-order chi connectivity index (χ1) is 13.5. The van der Waals surface area contributed by atoms with Gasteiger partial charge in [0.2, 0.25) is 0 Å². The standard InChI is InChI=1S/C21H25NO6/c1-4-11-28-15-7-5-14(6-8-15)18(13-20(23)24)22-21(25)17-10-9-16(26-2)12-19(17)27-3/h5-10,12,18H,4,11,13H2,1-3H3,(H,22,25)(H,23,24)/p-1/t18-/m0/s1. The molecule has 2 aromatic carbocycles. The number of methoxy groups -OCH3 is 2. The predicted molar refractivity (Wildman–Crippen MR) is 102 cm³/mol. The second-order valence-electron chi connectivity index (χ2n) is 6.09. The molecule has 7 nitrogen and oxygen atoms in total. The third kappa shape index (κ3) is 5.64. The topological polar surface area (TPSA) is 96.9 Å². The first kappa shape index (κ1) is 21.1. The molecule has 0 aliphatic rings. The van der Waals surface area contributed by atoms with Crippen molar-refractivity contribution in [3.05, 3.63) is 53.6 Å². The van der Waals surface area contributed by atoms with Crippen LogP contribution in [0.15, 0.2) is 42.5 Å². The molecule has 0 saturated heterocycles. The Morgan fingerprint density at radius 2 is 1.71 bits per heavy atom. The minimum Gasteiger partial charge on any atom is -0.550 e. The Morgan fingerprint density at radius 3 is 2.29 bits per heavy atom. The lowest BCUT2D eigenvalue weighted by Crippen LogP contribution is -2.34. The fraction of sp³-hybridized carbons (Fsp3) is 0.333. The molecule has 2 aromatic rings. The predicted octanol–water partition coefficient (Wildman–Crippen LogP) is 2.10. The number of carboxylic acids is 1. The molecule has 2 rings (SSSR count). The first-order valence-electron chi connectivity index (χ1n) is 8.94. The number of amides is 1. The third-order valence-corrected chi connectivity index (χ3v) is 4.08. The fourth-order valence-electron chi connectivity index (χ4n) is 2.66. The molecule has 0 saturated carbocycles. The summed E-state index contributed by atoms with van der Waals surface area (Å²) in [6.07, 6.45) is 0.522. The van der Waals surface area contributed by atoms with Crippen molar-refractivity contribution in [2.45, 2.75) is 25.8 Å². The van der Waals surface area contributed by atoms with Gasteiger partial charge in [-0.15, -0.1) is 0 Å². The van der Waals surface area contributed by atoms with E-state index in [1.807, 2.05) is 6.92 Å². The average Bonchev–Trinajstić information content (AvgIpc) is 2.71. The maximum Gasteiger partial charge on any atom is 0.255 e. The Balaban J connectivity index is 2.22. The summed E-state index contributed by atoms with van der Waals surface area (Å²) in [5, 5.41) is 13.9. The van der Waals surface area contributed by atoms with E-state index in [1.165, 1.54) is 14.2 Å². The van der Waals surface area contributed by atoms with E-state index in [9.17, 15) is 14.7 Å². The van der Waals surface area contributed by atoms with E-state index in [-0.39, 0.29) is 12.0 Å². The van der Waals surface area contributed by atoms with Crippen LogP contribution in [0.5, 0.6) is 17.2 Å². The van der Waals surface area contributed by atoms with Crippen LogP contribution >= 0.6 is 0 Å². The molecule has 1 amide bonds. The highest BCUT2D eigenvalue weighted by atomic mass is 16.5. The molecule has 0 aromatic heterocycles. The average molecular weight is 386 g/mol. The van der Waals surface area contributed by atoms with Crippen molar-refractivity contribution in [1.82, 2.24) is 5.32 Å². The van der Waals surface area contributed by atoms with Crippen LogP contribution in [-0.4, -0.2) is 32.7 Å². The van der Waals surface area contributed by atoms with E-state index in [0.717, 1.165) is 6.42 Å². The number of aliphatic carboxylic acids is 1. The smallest absolute Gasteiger partial charge is 0.255 e. The monoisotopic (exact) mass is 386 g/mol. The molecule has 0 radical (unpaired) electrons. The van der Waals surface area contributed by atoms with Gasteiger partial charge in [0.25, 0.3) is 5.91 Å². The SMILES string of the molecule is CCCOc1ccc([C@H](CC(=O)[O-])NC(=O)c2ccc(OC)cc2OC)cc1. The Hall–Kier alpha value is -3.22. The molecule has 0 spiro atoms. The molecule has 150 valence electrons. The number of carboxylic acid groups (broad SMARTS) is 1. The minimum atomic E-state index is -1.27. The van der Waals surface area contributed by atoms with Crippen molar-refractivity contribution in [2.24, 2.45) is 0 Å². The van der Waals surface area contributed by atoms with E-state index >= 15 is 0 Å². The van der Waals surface area contributed by atoms with Crippen LogP contribution in [0.3, 0.4) is 0 Å². The number of carbonyl (C=O) groups is 2. The van der Waals surface area contributed by atoms with Crippen LogP contribution in [0.2, 0.25) is 0 Å². The molecule has 1 atom stereocenters. The summed E-state index contributed by atoms with van der Waals surface area (Å²) in [7, 11) is 2.96. The number of rotatable bonds is 10. The second kappa shape index (κ2) is 10.2. The van der Waals surface area contributed by atoms with Gasteiger partial charge in [-0.2, -0.15) is 0 Å². The van der Waals surface area contributed by atoms with Crippen LogP contribution in [0.1, 0.15) is 41.7 Å². The van der Waals surface area contributed by atoms with Crippen LogP contribution in [-0.2, 0) is 4.79 Å². The van der Waals surface area contributed by atoms with Gasteiger partial charge in [0.05, 0.1) is 32.4 Å². The quantitative estimate of drug-likeness (QED) is 0.672. The molecule has 0 bridgehead atoms. The summed E-state index contributed by atoms with van der Waals surface area (Å²) in [5.41, 5.74) is 0.906. The molecule has 0 heterocycles. The van der Waals surface area contributed by atoms with E-state index in [0.29, 0.717) is 29.4 Å². The largest absolute Gasteiger partial charge is 0.550 e. The van der Waals surface area contributed by atoms with Crippen molar-refractivity contribution < 1.29 is 28.9 Å². The number of ether oxygens (including phenoxy) is 3. The molecule has 0 aliphatic heterocycles. The fourth-order valence-corrected chi connectivity index (χ4v) is 2.66.